The summed E-state index contributed by atoms with van der Waals surface area (Å²) in [5, 5.41) is 4.71. The van der Waals surface area contributed by atoms with Crippen LogP contribution in [0.5, 0.6) is 0 Å². The lowest BCUT2D eigenvalue weighted by Crippen LogP contribution is -2.32. The van der Waals surface area contributed by atoms with Gasteiger partial charge in [0.05, 0.1) is 11.7 Å². The molecular formula is C14H25N3. The van der Waals surface area contributed by atoms with Crippen molar-refractivity contribution in [3.8, 4) is 0 Å². The normalized spacial score (nSPS) is 25.8. The molecule has 0 aliphatic heterocycles. The van der Waals surface area contributed by atoms with Crippen molar-refractivity contribution >= 4 is 0 Å². The third kappa shape index (κ3) is 2.89. The Morgan fingerprint density at radius 1 is 1.24 bits per heavy atom. The Kier molecular flexibility index (Phi) is 3.87. The van der Waals surface area contributed by atoms with Crippen molar-refractivity contribution in [1.29, 1.82) is 0 Å². The first-order valence-electron chi connectivity index (χ1n) is 6.79. The predicted octanol–water partition coefficient (Wildman–Crippen LogP) is 3.05. The van der Waals surface area contributed by atoms with Gasteiger partial charge in [-0.05, 0) is 51.8 Å². The third-order valence-electron chi connectivity index (χ3n) is 3.99. The van der Waals surface area contributed by atoms with Gasteiger partial charge < -0.3 is 4.90 Å². The lowest BCUT2D eigenvalue weighted by atomic mass is 9.91. The fourth-order valence-electron chi connectivity index (χ4n) is 2.70. The van der Waals surface area contributed by atoms with Crippen LogP contribution < -0.4 is 0 Å². The van der Waals surface area contributed by atoms with Gasteiger partial charge in [0.15, 0.2) is 0 Å². The molecule has 0 spiro atoms. The molecule has 1 aliphatic rings. The monoisotopic (exact) mass is 235 g/mol. The van der Waals surface area contributed by atoms with Gasteiger partial charge in [-0.3, -0.25) is 4.68 Å². The van der Waals surface area contributed by atoms with Gasteiger partial charge in [0.25, 0.3) is 0 Å². The van der Waals surface area contributed by atoms with Crippen molar-refractivity contribution in [2.75, 3.05) is 14.1 Å². The molecule has 0 amide bonds. The number of nitrogens with zero attached hydrogens (tertiary/aromatic N) is 3. The number of hydrogen-bond donors (Lipinski definition) is 0. The standard InChI is InChI=1S/C14H25N3/c1-11(2)14-9-10-17(15-14)13-7-5-12(6-8-13)16(3)4/h9-13H,5-8H2,1-4H3. The average molecular weight is 235 g/mol. The van der Waals surface area contributed by atoms with Crippen LogP contribution in [0.2, 0.25) is 0 Å². The van der Waals surface area contributed by atoms with Gasteiger partial charge in [-0.1, -0.05) is 13.8 Å². The number of hydrogen-bond acceptors (Lipinski definition) is 2. The van der Waals surface area contributed by atoms with Gasteiger partial charge in [0.2, 0.25) is 0 Å². The van der Waals surface area contributed by atoms with Crippen molar-refractivity contribution in [3.05, 3.63) is 18.0 Å². The summed E-state index contributed by atoms with van der Waals surface area (Å²) in [6, 6.07) is 3.56. The summed E-state index contributed by atoms with van der Waals surface area (Å²) >= 11 is 0. The second-order valence-corrected chi connectivity index (χ2v) is 5.80. The zero-order chi connectivity index (χ0) is 12.4. The second kappa shape index (κ2) is 5.21. The van der Waals surface area contributed by atoms with Crippen LogP contribution >= 0.6 is 0 Å². The van der Waals surface area contributed by atoms with Crippen LogP contribution in [0.15, 0.2) is 12.3 Å². The highest BCUT2D eigenvalue weighted by atomic mass is 15.3. The molecule has 1 heterocycles. The van der Waals surface area contributed by atoms with Crippen LogP contribution in [0.3, 0.4) is 0 Å². The molecule has 0 bridgehead atoms. The Labute approximate surface area is 105 Å². The van der Waals surface area contributed by atoms with Gasteiger partial charge in [-0.15, -0.1) is 0 Å². The summed E-state index contributed by atoms with van der Waals surface area (Å²) in [4.78, 5) is 2.36. The van der Waals surface area contributed by atoms with Crippen molar-refractivity contribution in [1.82, 2.24) is 14.7 Å². The summed E-state index contributed by atoms with van der Waals surface area (Å²) in [7, 11) is 4.38. The first-order chi connectivity index (χ1) is 8.08. The smallest absolute Gasteiger partial charge is 0.0650 e. The minimum absolute atomic E-state index is 0.536. The molecule has 1 aromatic rings. The molecule has 0 atom stereocenters. The fourth-order valence-corrected chi connectivity index (χ4v) is 2.70. The minimum atomic E-state index is 0.536. The van der Waals surface area contributed by atoms with Crippen molar-refractivity contribution in [2.45, 2.75) is 57.5 Å². The van der Waals surface area contributed by atoms with E-state index in [9.17, 15) is 0 Å². The maximum absolute atomic E-state index is 4.71. The summed E-state index contributed by atoms with van der Waals surface area (Å²) < 4.78 is 2.20. The molecule has 1 saturated carbocycles. The molecular weight excluding hydrogens is 210 g/mol. The average Bonchev–Trinajstić information content (AvgIpc) is 2.78. The van der Waals surface area contributed by atoms with Crippen LogP contribution in [0.4, 0.5) is 0 Å². The van der Waals surface area contributed by atoms with Crippen LogP contribution in [-0.2, 0) is 0 Å². The van der Waals surface area contributed by atoms with E-state index in [1.165, 1.54) is 31.4 Å². The van der Waals surface area contributed by atoms with Crippen LogP contribution in [-0.4, -0.2) is 34.8 Å². The molecule has 1 aliphatic carbocycles. The Morgan fingerprint density at radius 3 is 2.35 bits per heavy atom. The summed E-state index contributed by atoms with van der Waals surface area (Å²) in [5.41, 5.74) is 1.22. The van der Waals surface area contributed by atoms with E-state index in [1.54, 1.807) is 0 Å². The highest BCUT2D eigenvalue weighted by Gasteiger charge is 2.24. The first kappa shape index (κ1) is 12.6. The molecule has 0 saturated heterocycles. The van der Waals surface area contributed by atoms with Gasteiger partial charge >= 0.3 is 0 Å². The molecule has 3 nitrogen and oxygen atoms in total. The maximum Gasteiger partial charge on any atom is 0.0650 e. The summed E-state index contributed by atoms with van der Waals surface area (Å²) in [6.07, 6.45) is 7.29. The minimum Gasteiger partial charge on any atom is -0.306 e. The van der Waals surface area contributed by atoms with Crippen LogP contribution in [0, 0.1) is 0 Å². The predicted molar refractivity (Wildman–Crippen MR) is 71.3 cm³/mol. The SMILES string of the molecule is CC(C)c1ccn(C2CCC(N(C)C)CC2)n1. The number of rotatable bonds is 3. The molecule has 0 radical (unpaired) electrons. The summed E-state index contributed by atoms with van der Waals surface area (Å²) in [5.74, 6) is 0.536. The molecule has 0 unspecified atom stereocenters. The van der Waals surface area contributed by atoms with Gasteiger partial charge in [0.1, 0.15) is 0 Å². The molecule has 0 aromatic carbocycles. The highest BCUT2D eigenvalue weighted by molar-refractivity contribution is 5.04. The lowest BCUT2D eigenvalue weighted by molar-refractivity contribution is 0.189. The third-order valence-corrected chi connectivity index (χ3v) is 3.99. The zero-order valence-corrected chi connectivity index (χ0v) is 11.6. The quantitative estimate of drug-likeness (QED) is 0.803. The van der Waals surface area contributed by atoms with E-state index in [2.05, 4.69) is 49.8 Å². The maximum atomic E-state index is 4.71. The molecule has 2 rings (SSSR count). The van der Waals surface area contributed by atoms with E-state index in [0.717, 1.165) is 6.04 Å². The summed E-state index contributed by atoms with van der Waals surface area (Å²) in [6.45, 7) is 4.41. The van der Waals surface area contributed by atoms with E-state index >= 15 is 0 Å². The van der Waals surface area contributed by atoms with Crippen molar-refractivity contribution in [2.24, 2.45) is 0 Å². The van der Waals surface area contributed by atoms with E-state index in [4.69, 9.17) is 5.10 Å². The highest BCUT2D eigenvalue weighted by Crippen LogP contribution is 2.30. The number of aromatic nitrogens is 2. The van der Waals surface area contributed by atoms with Gasteiger partial charge in [0, 0.05) is 12.2 Å². The zero-order valence-electron chi connectivity index (χ0n) is 11.6. The van der Waals surface area contributed by atoms with E-state index in [0.29, 0.717) is 12.0 Å². The lowest BCUT2D eigenvalue weighted by Gasteiger charge is -2.32. The van der Waals surface area contributed by atoms with Crippen molar-refractivity contribution in [3.63, 3.8) is 0 Å². The topological polar surface area (TPSA) is 21.1 Å². The van der Waals surface area contributed by atoms with Gasteiger partial charge in [-0.2, -0.15) is 5.10 Å². The Balaban J connectivity index is 1.96. The second-order valence-electron chi connectivity index (χ2n) is 5.80. The molecule has 17 heavy (non-hydrogen) atoms. The fraction of sp³-hybridized carbons (Fsp3) is 0.786. The molecule has 1 fully saturated rings. The van der Waals surface area contributed by atoms with E-state index in [-0.39, 0.29) is 0 Å². The molecule has 1 aromatic heterocycles. The molecule has 0 N–H and O–H groups in total. The van der Waals surface area contributed by atoms with Crippen LogP contribution in [0.1, 0.15) is 57.2 Å². The van der Waals surface area contributed by atoms with Crippen LogP contribution in [0.25, 0.3) is 0 Å². The Hall–Kier alpha value is -0.830. The largest absolute Gasteiger partial charge is 0.306 e. The Bertz CT molecular complexity index is 346. The molecule has 3 heteroatoms. The van der Waals surface area contributed by atoms with E-state index in [1.807, 2.05) is 0 Å². The van der Waals surface area contributed by atoms with Gasteiger partial charge in [-0.25, -0.2) is 0 Å². The Morgan fingerprint density at radius 2 is 1.88 bits per heavy atom. The first-order valence-corrected chi connectivity index (χ1v) is 6.79. The van der Waals surface area contributed by atoms with Crippen molar-refractivity contribution < 1.29 is 0 Å². The van der Waals surface area contributed by atoms with E-state index < -0.39 is 0 Å². The molecule has 96 valence electrons.